The normalized spacial score (nSPS) is 20.3. The molecule has 5 heteroatoms. The van der Waals surface area contributed by atoms with Gasteiger partial charge in [-0.2, -0.15) is 0 Å². The molecule has 2 rings (SSSR count). The van der Waals surface area contributed by atoms with Crippen LogP contribution in [0.1, 0.15) is 36.0 Å². The van der Waals surface area contributed by atoms with Crippen molar-refractivity contribution in [3.8, 4) is 0 Å². The summed E-state index contributed by atoms with van der Waals surface area (Å²) in [5.74, 6) is -0.535. The maximum absolute atomic E-state index is 12.2. The summed E-state index contributed by atoms with van der Waals surface area (Å²) in [6.45, 7) is 0.829. The Balaban J connectivity index is 1.90. The highest BCUT2D eigenvalue weighted by atomic mass is 32.2. The molecule has 0 spiro atoms. The summed E-state index contributed by atoms with van der Waals surface area (Å²) in [5.41, 5.74) is 0.137. The maximum atomic E-state index is 12.2. The van der Waals surface area contributed by atoms with Gasteiger partial charge in [0, 0.05) is 12.4 Å². The van der Waals surface area contributed by atoms with Crippen molar-refractivity contribution < 1.29 is 18.8 Å². The fourth-order valence-electron chi connectivity index (χ4n) is 2.27. The lowest BCUT2D eigenvalue weighted by molar-refractivity contribution is 0.0693. The van der Waals surface area contributed by atoms with E-state index < -0.39 is 16.8 Å². The third kappa shape index (κ3) is 3.88. The zero-order valence-electron chi connectivity index (χ0n) is 10.7. The summed E-state index contributed by atoms with van der Waals surface area (Å²) >= 11 is 0. The molecule has 0 aliphatic carbocycles. The smallest absolute Gasteiger partial charge is 0.336 e. The molecule has 1 heterocycles. The Kier molecular flexibility index (Phi) is 5.10. The number of carbonyl (C=O) groups is 1. The number of carboxylic acid groups (broad SMARTS) is 1. The van der Waals surface area contributed by atoms with E-state index in [1.165, 1.54) is 6.07 Å². The van der Waals surface area contributed by atoms with E-state index in [1.54, 1.807) is 18.2 Å². The Morgan fingerprint density at radius 3 is 2.89 bits per heavy atom. The fraction of sp³-hybridized carbons (Fsp3) is 0.500. The van der Waals surface area contributed by atoms with Crippen LogP contribution in [-0.2, 0) is 15.5 Å². The monoisotopic (exact) mass is 282 g/mol. The quantitative estimate of drug-likeness (QED) is 0.870. The van der Waals surface area contributed by atoms with Crippen molar-refractivity contribution in [1.82, 2.24) is 0 Å². The van der Waals surface area contributed by atoms with E-state index in [0.29, 0.717) is 16.8 Å². The van der Waals surface area contributed by atoms with E-state index in [4.69, 9.17) is 9.84 Å². The van der Waals surface area contributed by atoms with E-state index in [2.05, 4.69) is 0 Å². The molecule has 1 N–H and O–H groups in total. The molecule has 1 aromatic carbocycles. The van der Waals surface area contributed by atoms with Crippen LogP contribution in [0.2, 0.25) is 0 Å². The molecule has 0 amide bonds. The number of aromatic carboxylic acids is 1. The van der Waals surface area contributed by atoms with Gasteiger partial charge in [-0.15, -0.1) is 0 Å². The van der Waals surface area contributed by atoms with Gasteiger partial charge in [0.15, 0.2) is 0 Å². The second kappa shape index (κ2) is 6.82. The van der Waals surface area contributed by atoms with Gasteiger partial charge in [-0.1, -0.05) is 12.1 Å². The lowest BCUT2D eigenvalue weighted by Gasteiger charge is -2.09. The first-order chi connectivity index (χ1) is 9.18. The van der Waals surface area contributed by atoms with Crippen molar-refractivity contribution in [2.45, 2.75) is 36.7 Å². The minimum absolute atomic E-state index is 0.137. The van der Waals surface area contributed by atoms with Gasteiger partial charge < -0.3 is 9.84 Å². The molecule has 1 saturated heterocycles. The summed E-state index contributed by atoms with van der Waals surface area (Å²) in [4.78, 5) is 11.5. The Morgan fingerprint density at radius 1 is 1.42 bits per heavy atom. The molecule has 0 saturated carbocycles. The lowest BCUT2D eigenvalue weighted by Crippen LogP contribution is -2.10. The number of benzene rings is 1. The van der Waals surface area contributed by atoms with E-state index in [-0.39, 0.29) is 5.56 Å². The Morgan fingerprint density at radius 2 is 2.21 bits per heavy atom. The Labute approximate surface area is 115 Å². The molecule has 2 atom stereocenters. The molecule has 2 unspecified atom stereocenters. The van der Waals surface area contributed by atoms with Crippen LogP contribution in [0.5, 0.6) is 0 Å². The topological polar surface area (TPSA) is 63.6 Å². The predicted molar refractivity (Wildman–Crippen MR) is 72.9 cm³/mol. The summed E-state index contributed by atoms with van der Waals surface area (Å²) in [5, 5.41) is 9.06. The maximum Gasteiger partial charge on any atom is 0.336 e. The first-order valence-corrected chi connectivity index (χ1v) is 7.82. The molecular weight excluding hydrogens is 264 g/mol. The van der Waals surface area contributed by atoms with Crippen LogP contribution >= 0.6 is 0 Å². The largest absolute Gasteiger partial charge is 0.478 e. The van der Waals surface area contributed by atoms with Crippen molar-refractivity contribution in [2.75, 3.05) is 12.4 Å². The molecule has 1 fully saturated rings. The number of carboxylic acids is 1. The van der Waals surface area contributed by atoms with E-state index in [1.807, 2.05) is 0 Å². The number of hydrogen-bond donors (Lipinski definition) is 1. The predicted octanol–water partition coefficient (Wildman–Crippen LogP) is 2.45. The molecule has 1 aliphatic rings. The molecule has 1 aliphatic heterocycles. The SMILES string of the molecule is O=C(O)c1ccccc1S(=O)CCCC1CCCO1. The third-order valence-corrected chi connectivity index (χ3v) is 4.75. The first-order valence-electron chi connectivity index (χ1n) is 6.51. The Hall–Kier alpha value is -1.20. The van der Waals surface area contributed by atoms with Crippen molar-refractivity contribution in [3.63, 3.8) is 0 Å². The highest BCUT2D eigenvalue weighted by Gasteiger charge is 2.17. The van der Waals surface area contributed by atoms with Crippen LogP contribution in [0.15, 0.2) is 29.2 Å². The van der Waals surface area contributed by atoms with Crippen molar-refractivity contribution in [3.05, 3.63) is 29.8 Å². The third-order valence-electron chi connectivity index (χ3n) is 3.24. The molecule has 4 nitrogen and oxygen atoms in total. The highest BCUT2D eigenvalue weighted by Crippen LogP contribution is 2.19. The summed E-state index contributed by atoms with van der Waals surface area (Å²) in [6, 6.07) is 6.50. The first kappa shape index (κ1) is 14.2. The molecule has 0 aromatic heterocycles. The molecule has 1 aromatic rings. The van der Waals surface area contributed by atoms with E-state index >= 15 is 0 Å². The number of rotatable bonds is 6. The molecule has 0 bridgehead atoms. The number of hydrogen-bond acceptors (Lipinski definition) is 3. The second-order valence-corrected chi connectivity index (χ2v) is 6.17. The van der Waals surface area contributed by atoms with E-state index in [0.717, 1.165) is 32.3 Å². The molecule has 0 radical (unpaired) electrons. The fourth-order valence-corrected chi connectivity index (χ4v) is 3.55. The van der Waals surface area contributed by atoms with Crippen LogP contribution in [0.4, 0.5) is 0 Å². The van der Waals surface area contributed by atoms with Gasteiger partial charge >= 0.3 is 5.97 Å². The van der Waals surface area contributed by atoms with Crippen LogP contribution in [0.25, 0.3) is 0 Å². The minimum atomic E-state index is -1.25. The van der Waals surface area contributed by atoms with Gasteiger partial charge in [0.1, 0.15) is 0 Å². The van der Waals surface area contributed by atoms with Crippen molar-refractivity contribution in [2.24, 2.45) is 0 Å². The van der Waals surface area contributed by atoms with Gasteiger partial charge in [-0.25, -0.2) is 4.79 Å². The van der Waals surface area contributed by atoms with Gasteiger partial charge in [-0.3, -0.25) is 4.21 Å². The van der Waals surface area contributed by atoms with E-state index in [9.17, 15) is 9.00 Å². The zero-order chi connectivity index (χ0) is 13.7. The Bertz CT molecular complexity index is 466. The highest BCUT2D eigenvalue weighted by molar-refractivity contribution is 7.85. The van der Waals surface area contributed by atoms with Crippen LogP contribution in [0.3, 0.4) is 0 Å². The minimum Gasteiger partial charge on any atom is -0.478 e. The van der Waals surface area contributed by atoms with Crippen molar-refractivity contribution >= 4 is 16.8 Å². The second-order valence-electron chi connectivity index (χ2n) is 4.63. The van der Waals surface area contributed by atoms with Crippen LogP contribution in [-0.4, -0.2) is 33.7 Å². The summed E-state index contributed by atoms with van der Waals surface area (Å²) < 4.78 is 17.7. The average molecular weight is 282 g/mol. The number of ether oxygens (including phenoxy) is 1. The lowest BCUT2D eigenvalue weighted by atomic mass is 10.1. The van der Waals surface area contributed by atoms with Gasteiger partial charge in [0.25, 0.3) is 0 Å². The average Bonchev–Trinajstić information content (AvgIpc) is 2.91. The summed E-state index contributed by atoms with van der Waals surface area (Å²) in [7, 11) is -1.25. The summed E-state index contributed by atoms with van der Waals surface area (Å²) in [6.07, 6.45) is 4.19. The van der Waals surface area contributed by atoms with Crippen LogP contribution in [0, 0.1) is 0 Å². The van der Waals surface area contributed by atoms with Gasteiger partial charge in [-0.05, 0) is 37.8 Å². The standard InChI is InChI=1S/C14H18O4S/c15-14(16)12-7-1-2-8-13(12)19(17)10-4-6-11-5-3-9-18-11/h1-2,7-8,11H,3-6,9-10H2,(H,15,16). The van der Waals surface area contributed by atoms with Gasteiger partial charge in [0.2, 0.25) is 0 Å². The zero-order valence-corrected chi connectivity index (χ0v) is 11.5. The van der Waals surface area contributed by atoms with Gasteiger partial charge in [0.05, 0.1) is 27.4 Å². The molecule has 19 heavy (non-hydrogen) atoms. The van der Waals surface area contributed by atoms with Crippen LogP contribution < -0.4 is 0 Å². The molecule has 104 valence electrons. The van der Waals surface area contributed by atoms with Crippen molar-refractivity contribution in [1.29, 1.82) is 0 Å². The molecular formula is C14H18O4S.